The van der Waals surface area contributed by atoms with Crippen LogP contribution in [0.1, 0.15) is 46.5 Å². The maximum absolute atomic E-state index is 12.0. The van der Waals surface area contributed by atoms with Crippen LogP contribution in [0.4, 0.5) is 9.59 Å². The van der Waals surface area contributed by atoms with E-state index in [0.29, 0.717) is 32.2 Å². The van der Waals surface area contributed by atoms with Crippen LogP contribution in [-0.4, -0.2) is 63.9 Å². The number of fused-ring (bicyclic) bond motifs is 3. The zero-order valence-corrected chi connectivity index (χ0v) is 17.9. The number of carbonyl (C=O) groups excluding carboxylic acids is 2. The summed E-state index contributed by atoms with van der Waals surface area (Å²) >= 11 is 0.313. The number of rotatable bonds is 3. The molecule has 146 valence electrons. The molecule has 2 unspecified atom stereocenters. The van der Waals surface area contributed by atoms with Crippen LogP contribution in [0.5, 0.6) is 0 Å². The van der Waals surface area contributed by atoms with Crippen molar-refractivity contribution in [3.63, 3.8) is 0 Å². The van der Waals surface area contributed by atoms with Crippen LogP contribution in [0.25, 0.3) is 0 Å². The van der Waals surface area contributed by atoms with E-state index in [1.165, 1.54) is 13.5 Å². The van der Waals surface area contributed by atoms with Gasteiger partial charge in [0.15, 0.2) is 0 Å². The first-order chi connectivity index (χ1) is 12.3. The van der Waals surface area contributed by atoms with Crippen molar-refractivity contribution in [2.75, 3.05) is 20.2 Å². The van der Waals surface area contributed by atoms with E-state index in [0.717, 1.165) is 31.1 Å². The molecule has 6 nitrogen and oxygen atoms in total. The Labute approximate surface area is 161 Å². The molecule has 2 bridgehead atoms. The molecule has 2 saturated heterocycles. The Kier molecular flexibility index (Phi) is 4.27. The molecule has 1 N–H and O–H groups in total. The third-order valence-corrected chi connectivity index (χ3v) is 11.5. The molecule has 5 atom stereocenters. The van der Waals surface area contributed by atoms with Crippen molar-refractivity contribution >= 4 is 27.1 Å². The normalized spacial score (nSPS) is 43.0. The molecule has 4 rings (SSSR count). The van der Waals surface area contributed by atoms with Crippen molar-refractivity contribution in [2.24, 2.45) is 16.7 Å². The van der Waals surface area contributed by atoms with E-state index in [1.54, 1.807) is 0 Å². The second kappa shape index (κ2) is 6.03. The number of hydrogen-bond donors (Lipinski definition) is 1. The predicted molar refractivity (Wildman–Crippen MR) is 98.3 cm³/mol. The van der Waals surface area contributed by atoms with Gasteiger partial charge in [-0.25, -0.2) is 0 Å². The molecule has 7 heteroatoms. The van der Waals surface area contributed by atoms with E-state index in [2.05, 4.69) is 26.1 Å². The summed E-state index contributed by atoms with van der Waals surface area (Å²) in [6.45, 7) is 8.50. The Hall–Kier alpha value is -0.941. The van der Waals surface area contributed by atoms with Crippen molar-refractivity contribution in [1.82, 2.24) is 10.2 Å². The number of ether oxygens (including phenoxy) is 2. The fourth-order valence-corrected chi connectivity index (χ4v) is 10.7. The monoisotopic (exact) mass is 430 g/mol. The van der Waals surface area contributed by atoms with Crippen molar-refractivity contribution in [3.05, 3.63) is 0 Å². The van der Waals surface area contributed by atoms with Crippen LogP contribution < -0.4 is 5.32 Å². The third kappa shape index (κ3) is 2.22. The molecule has 2 aliphatic heterocycles. The number of carbonyl (C=O) groups is 2. The molecule has 0 aromatic heterocycles. The van der Waals surface area contributed by atoms with Gasteiger partial charge in [-0.15, -0.1) is 0 Å². The van der Waals surface area contributed by atoms with E-state index >= 15 is 0 Å². The van der Waals surface area contributed by atoms with E-state index in [9.17, 15) is 9.59 Å². The average Bonchev–Trinajstić information content (AvgIpc) is 3.30. The number of nitrogens with zero attached hydrogens (tertiary/aromatic N) is 1. The molecule has 2 aliphatic carbocycles. The summed E-state index contributed by atoms with van der Waals surface area (Å²) in [5.74, 6) is 0.591. The molecule has 26 heavy (non-hydrogen) atoms. The van der Waals surface area contributed by atoms with Crippen LogP contribution in [0.2, 0.25) is 10.1 Å². The van der Waals surface area contributed by atoms with E-state index in [-0.39, 0.29) is 34.7 Å². The third-order valence-electron chi connectivity index (χ3n) is 8.09. The van der Waals surface area contributed by atoms with Crippen LogP contribution in [-0.2, 0) is 9.47 Å². The quantitative estimate of drug-likeness (QED) is 0.701. The summed E-state index contributed by atoms with van der Waals surface area (Å²) in [6, 6.07) is 0.277. The summed E-state index contributed by atoms with van der Waals surface area (Å²) in [5, 5.41) is 3.98. The standard InChI is InChI=1S/C19H30N2O4Se/c1-17(2)13-7-8-18(17,3)19(11-20-15(22)25-19)14(13)26-10-12-6-5-9-21(12)16(23)24-4/h12-14H,5-11H2,1-4H3,(H,20,22)/t12?,13-,14+,18-,19?/m1/s1. The van der Waals surface area contributed by atoms with Gasteiger partial charge >= 0.3 is 162 Å². The zero-order chi connectivity index (χ0) is 18.7. The first kappa shape index (κ1) is 18.4. The van der Waals surface area contributed by atoms with Gasteiger partial charge in [-0.05, 0) is 0 Å². The van der Waals surface area contributed by atoms with Gasteiger partial charge in [0.1, 0.15) is 0 Å². The number of likely N-dealkylation sites (tertiary alicyclic amines) is 1. The second-order valence-corrected chi connectivity index (χ2v) is 11.5. The second-order valence-electron chi connectivity index (χ2n) is 9.04. The summed E-state index contributed by atoms with van der Waals surface area (Å²) < 4.78 is 11.0. The van der Waals surface area contributed by atoms with E-state index in [1.807, 2.05) is 4.90 Å². The van der Waals surface area contributed by atoms with Gasteiger partial charge in [0.05, 0.1) is 0 Å². The molecule has 1 spiro atoms. The summed E-state index contributed by atoms with van der Waals surface area (Å²) in [5.41, 5.74) is -0.178. The first-order valence-corrected chi connectivity index (χ1v) is 11.9. The number of hydrogen-bond acceptors (Lipinski definition) is 4. The van der Waals surface area contributed by atoms with Crippen LogP contribution in [0.3, 0.4) is 0 Å². The van der Waals surface area contributed by atoms with E-state index in [4.69, 9.17) is 9.47 Å². The van der Waals surface area contributed by atoms with Gasteiger partial charge in [-0.1, -0.05) is 0 Å². The molecular formula is C19H30N2O4Se. The molecule has 2 heterocycles. The van der Waals surface area contributed by atoms with Crippen LogP contribution >= 0.6 is 0 Å². The van der Waals surface area contributed by atoms with Gasteiger partial charge in [0, 0.05) is 0 Å². The van der Waals surface area contributed by atoms with Crippen LogP contribution in [0, 0.1) is 16.7 Å². The summed E-state index contributed by atoms with van der Waals surface area (Å²) in [7, 11) is 1.46. The minimum absolute atomic E-state index is 0.0218. The fourth-order valence-electron chi connectivity index (χ4n) is 6.20. The Balaban J connectivity index is 1.56. The number of alkyl carbamates (subject to hydrolysis) is 1. The molecule has 4 aliphatic rings. The van der Waals surface area contributed by atoms with E-state index < -0.39 is 0 Å². The van der Waals surface area contributed by atoms with Gasteiger partial charge in [-0.3, -0.25) is 0 Å². The molecule has 2 amide bonds. The predicted octanol–water partition coefficient (Wildman–Crippen LogP) is 3.06. The Morgan fingerprint density at radius 2 is 2.15 bits per heavy atom. The molecule has 4 fully saturated rings. The van der Waals surface area contributed by atoms with Gasteiger partial charge in [0.2, 0.25) is 0 Å². The van der Waals surface area contributed by atoms with Gasteiger partial charge < -0.3 is 0 Å². The number of methoxy groups -OCH3 is 1. The van der Waals surface area contributed by atoms with Crippen molar-refractivity contribution < 1.29 is 19.1 Å². The first-order valence-electron chi connectivity index (χ1n) is 9.70. The minimum atomic E-state index is -0.370. The number of amides is 2. The maximum atomic E-state index is 12.0. The Morgan fingerprint density at radius 3 is 2.81 bits per heavy atom. The molecule has 0 aromatic carbocycles. The fraction of sp³-hybridized carbons (Fsp3) is 0.895. The van der Waals surface area contributed by atoms with Crippen LogP contribution in [0.15, 0.2) is 0 Å². The topological polar surface area (TPSA) is 67.9 Å². The SMILES string of the molecule is COC(=O)N1CCCC1C[Se][C@H]1[C@H]2CC[C@](C)(C2(C)C)C12CNC(=O)O2. The summed E-state index contributed by atoms with van der Waals surface area (Å²) in [6.07, 6.45) is 4.00. The van der Waals surface area contributed by atoms with Crippen molar-refractivity contribution in [3.8, 4) is 0 Å². The van der Waals surface area contributed by atoms with Crippen molar-refractivity contribution in [2.45, 2.75) is 68.2 Å². The molecule has 0 radical (unpaired) electrons. The van der Waals surface area contributed by atoms with Gasteiger partial charge in [0.25, 0.3) is 0 Å². The number of nitrogens with one attached hydrogen (secondary N) is 1. The van der Waals surface area contributed by atoms with Gasteiger partial charge in [-0.2, -0.15) is 0 Å². The summed E-state index contributed by atoms with van der Waals surface area (Å²) in [4.78, 5) is 26.4. The van der Waals surface area contributed by atoms with Crippen molar-refractivity contribution in [1.29, 1.82) is 0 Å². The Bertz CT molecular complexity index is 627. The Morgan fingerprint density at radius 1 is 1.38 bits per heavy atom. The molecular weight excluding hydrogens is 399 g/mol. The zero-order valence-electron chi connectivity index (χ0n) is 16.2. The average molecular weight is 429 g/mol. The molecule has 0 aromatic rings. The molecule has 2 saturated carbocycles.